The highest BCUT2D eigenvalue weighted by molar-refractivity contribution is 7.89. The number of carbonyl (C=O) groups excluding carboxylic acids is 2. The van der Waals surface area contributed by atoms with Crippen LogP contribution in [0.25, 0.3) is 0 Å². The van der Waals surface area contributed by atoms with Gasteiger partial charge in [0.25, 0.3) is 0 Å². The van der Waals surface area contributed by atoms with Crippen LogP contribution in [-0.4, -0.2) is 32.8 Å². The van der Waals surface area contributed by atoms with E-state index in [2.05, 4.69) is 10.0 Å². The van der Waals surface area contributed by atoms with Crippen LogP contribution in [0.1, 0.15) is 13.3 Å². The van der Waals surface area contributed by atoms with Gasteiger partial charge in [-0.05, 0) is 42.5 Å². The zero-order chi connectivity index (χ0) is 19.6. The maximum atomic E-state index is 13.4. The van der Waals surface area contributed by atoms with Gasteiger partial charge in [0.05, 0.1) is 4.90 Å². The van der Waals surface area contributed by atoms with Gasteiger partial charge in [0.15, 0.2) is 0 Å². The Bertz CT molecular complexity index is 976. The van der Waals surface area contributed by atoms with Crippen molar-refractivity contribution < 1.29 is 22.4 Å². The Labute approximate surface area is 156 Å². The number of amides is 2. The topological polar surface area (TPSA) is 95.6 Å². The van der Waals surface area contributed by atoms with E-state index < -0.39 is 21.9 Å². The first-order valence-electron chi connectivity index (χ1n) is 8.20. The summed E-state index contributed by atoms with van der Waals surface area (Å²) in [5, 5.41) is 2.55. The van der Waals surface area contributed by atoms with Crippen molar-refractivity contribution in [3.05, 3.63) is 54.3 Å². The molecule has 1 heterocycles. The molecule has 1 saturated heterocycles. The van der Waals surface area contributed by atoms with Gasteiger partial charge in [-0.15, -0.1) is 0 Å². The highest BCUT2D eigenvalue weighted by atomic mass is 32.2. The molecule has 2 aromatic carbocycles. The fraction of sp³-hybridized carbons (Fsp3) is 0.222. The third-order valence-electron chi connectivity index (χ3n) is 4.05. The van der Waals surface area contributed by atoms with E-state index in [4.69, 9.17) is 0 Å². The molecule has 0 aromatic heterocycles. The van der Waals surface area contributed by atoms with Gasteiger partial charge >= 0.3 is 0 Å². The molecule has 7 nitrogen and oxygen atoms in total. The van der Waals surface area contributed by atoms with Crippen molar-refractivity contribution >= 4 is 33.2 Å². The molecule has 1 aliphatic heterocycles. The van der Waals surface area contributed by atoms with Crippen LogP contribution in [0.15, 0.2) is 53.4 Å². The number of carbonyl (C=O) groups is 2. The van der Waals surface area contributed by atoms with Crippen LogP contribution >= 0.6 is 0 Å². The van der Waals surface area contributed by atoms with Gasteiger partial charge in [0.1, 0.15) is 5.82 Å². The molecule has 2 N–H and O–H groups in total. The van der Waals surface area contributed by atoms with Crippen molar-refractivity contribution in [3.63, 3.8) is 0 Å². The molecular formula is C18H18FN3O4S. The van der Waals surface area contributed by atoms with Crippen LogP contribution in [0.3, 0.4) is 0 Å². The minimum absolute atomic E-state index is 0.0142. The number of benzene rings is 2. The van der Waals surface area contributed by atoms with E-state index in [0.29, 0.717) is 11.4 Å². The summed E-state index contributed by atoms with van der Waals surface area (Å²) in [5.74, 6) is -1.01. The molecule has 9 heteroatoms. The first kappa shape index (κ1) is 19.0. The molecule has 142 valence electrons. The molecule has 27 heavy (non-hydrogen) atoms. The second-order valence-corrected chi connectivity index (χ2v) is 7.93. The van der Waals surface area contributed by atoms with Crippen molar-refractivity contribution in [1.29, 1.82) is 0 Å². The lowest BCUT2D eigenvalue weighted by Crippen LogP contribution is -2.37. The van der Waals surface area contributed by atoms with Gasteiger partial charge in [-0.25, -0.2) is 17.5 Å². The molecule has 0 aliphatic carbocycles. The summed E-state index contributed by atoms with van der Waals surface area (Å²) in [4.78, 5) is 24.6. The highest BCUT2D eigenvalue weighted by Crippen LogP contribution is 2.23. The van der Waals surface area contributed by atoms with Crippen LogP contribution in [0.5, 0.6) is 0 Å². The maximum Gasteiger partial charge on any atom is 0.240 e. The highest BCUT2D eigenvalue weighted by Gasteiger charge is 2.33. The number of rotatable bonds is 5. The van der Waals surface area contributed by atoms with E-state index in [1.54, 1.807) is 6.07 Å². The summed E-state index contributed by atoms with van der Waals surface area (Å²) in [6, 6.07) is 10.7. The number of hydrogen-bond donors (Lipinski definition) is 2. The van der Waals surface area contributed by atoms with Crippen LogP contribution in [-0.2, 0) is 19.6 Å². The number of sulfonamides is 1. The van der Waals surface area contributed by atoms with Gasteiger partial charge in [0.2, 0.25) is 21.8 Å². The van der Waals surface area contributed by atoms with E-state index in [1.807, 2.05) is 0 Å². The van der Waals surface area contributed by atoms with Crippen molar-refractivity contribution in [2.45, 2.75) is 24.3 Å². The molecule has 1 fully saturated rings. The van der Waals surface area contributed by atoms with Crippen LogP contribution in [0.4, 0.5) is 15.8 Å². The fourth-order valence-electron chi connectivity index (χ4n) is 2.89. The molecule has 0 saturated carbocycles. The summed E-state index contributed by atoms with van der Waals surface area (Å²) < 4.78 is 41.0. The lowest BCUT2D eigenvalue weighted by atomic mass is 10.3. The second-order valence-electron chi connectivity index (χ2n) is 6.21. The van der Waals surface area contributed by atoms with Gasteiger partial charge in [-0.1, -0.05) is 6.07 Å². The predicted molar refractivity (Wildman–Crippen MR) is 98.2 cm³/mol. The third-order valence-corrected chi connectivity index (χ3v) is 5.59. The molecule has 1 atom stereocenters. The van der Waals surface area contributed by atoms with E-state index in [9.17, 15) is 22.4 Å². The SMILES string of the molecule is CC(=O)Nc1ccc(S(=O)(=O)N[C@@H]2CC(=O)N(c3cccc(F)c3)C2)cc1. The molecule has 0 radical (unpaired) electrons. The average molecular weight is 391 g/mol. The van der Waals surface area contributed by atoms with E-state index in [-0.39, 0.29) is 29.7 Å². The largest absolute Gasteiger partial charge is 0.326 e. The Morgan fingerprint density at radius 1 is 1.19 bits per heavy atom. The Morgan fingerprint density at radius 2 is 1.89 bits per heavy atom. The standard InChI is InChI=1S/C18H18FN3O4S/c1-12(23)20-14-5-7-17(8-6-14)27(25,26)21-15-10-18(24)22(11-15)16-4-2-3-13(19)9-16/h2-9,15,21H,10-11H2,1H3,(H,20,23)/t15-/m1/s1. The molecule has 1 aliphatic rings. The molecule has 0 spiro atoms. The van der Waals surface area contributed by atoms with Gasteiger partial charge in [-0.2, -0.15) is 0 Å². The number of halogens is 1. The van der Waals surface area contributed by atoms with Gasteiger partial charge in [-0.3, -0.25) is 9.59 Å². The predicted octanol–water partition coefficient (Wildman–Crippen LogP) is 1.87. The molecule has 0 bridgehead atoms. The molecular weight excluding hydrogens is 373 g/mol. The number of hydrogen-bond acceptors (Lipinski definition) is 4. The monoisotopic (exact) mass is 391 g/mol. The molecule has 2 aromatic rings. The Morgan fingerprint density at radius 3 is 2.52 bits per heavy atom. The molecule has 0 unspecified atom stereocenters. The number of nitrogens with one attached hydrogen (secondary N) is 2. The fourth-order valence-corrected chi connectivity index (χ4v) is 4.12. The van der Waals surface area contributed by atoms with Crippen molar-refractivity contribution in [2.75, 3.05) is 16.8 Å². The minimum atomic E-state index is -3.84. The summed E-state index contributed by atoms with van der Waals surface area (Å²) >= 11 is 0. The average Bonchev–Trinajstić information content (AvgIpc) is 2.94. The lowest BCUT2D eigenvalue weighted by molar-refractivity contribution is -0.117. The van der Waals surface area contributed by atoms with E-state index in [0.717, 1.165) is 0 Å². The molecule has 3 rings (SSSR count). The number of nitrogens with zero attached hydrogens (tertiary/aromatic N) is 1. The van der Waals surface area contributed by atoms with Crippen molar-refractivity contribution in [2.24, 2.45) is 0 Å². The Hall–Kier alpha value is -2.78. The molecule has 2 amide bonds. The Kier molecular flexibility index (Phi) is 5.24. The second kappa shape index (κ2) is 7.45. The number of anilines is 2. The van der Waals surface area contributed by atoms with E-state index >= 15 is 0 Å². The maximum absolute atomic E-state index is 13.4. The van der Waals surface area contributed by atoms with Gasteiger partial charge in [0, 0.05) is 37.3 Å². The van der Waals surface area contributed by atoms with E-state index in [1.165, 1.54) is 54.3 Å². The zero-order valence-electron chi connectivity index (χ0n) is 14.5. The summed E-state index contributed by atoms with van der Waals surface area (Å²) in [5.41, 5.74) is 0.871. The normalized spacial score (nSPS) is 17.2. The van der Waals surface area contributed by atoms with Crippen LogP contribution in [0.2, 0.25) is 0 Å². The smallest absolute Gasteiger partial charge is 0.240 e. The van der Waals surface area contributed by atoms with Crippen LogP contribution in [0, 0.1) is 5.82 Å². The summed E-state index contributed by atoms with van der Waals surface area (Å²) in [7, 11) is -3.84. The minimum Gasteiger partial charge on any atom is -0.326 e. The summed E-state index contributed by atoms with van der Waals surface area (Å²) in [6.07, 6.45) is -0.0142. The van der Waals surface area contributed by atoms with Gasteiger partial charge < -0.3 is 10.2 Å². The van der Waals surface area contributed by atoms with Crippen molar-refractivity contribution in [3.8, 4) is 0 Å². The zero-order valence-corrected chi connectivity index (χ0v) is 15.3. The summed E-state index contributed by atoms with van der Waals surface area (Å²) in [6.45, 7) is 1.47. The third kappa shape index (κ3) is 4.50. The first-order chi connectivity index (χ1) is 12.7. The first-order valence-corrected chi connectivity index (χ1v) is 9.69. The quantitative estimate of drug-likeness (QED) is 0.813. The van der Waals surface area contributed by atoms with Crippen molar-refractivity contribution in [1.82, 2.24) is 4.72 Å². The lowest BCUT2D eigenvalue weighted by Gasteiger charge is -2.17. The Balaban J connectivity index is 1.71. The van der Waals surface area contributed by atoms with Crippen LogP contribution < -0.4 is 14.9 Å².